The molecule has 0 aliphatic rings. The number of rotatable bonds is 8. The first-order chi connectivity index (χ1) is 14.0. The molecule has 0 unspecified atom stereocenters. The van der Waals surface area contributed by atoms with E-state index < -0.39 is 0 Å². The molecule has 0 atom stereocenters. The highest BCUT2D eigenvalue weighted by atomic mass is 32.2. The summed E-state index contributed by atoms with van der Waals surface area (Å²) in [6.45, 7) is 3.77. The highest BCUT2D eigenvalue weighted by Gasteiger charge is 2.22. The fourth-order valence-electron chi connectivity index (χ4n) is 2.50. The molecule has 0 radical (unpaired) electrons. The predicted molar refractivity (Wildman–Crippen MR) is 106 cm³/mol. The second-order valence-corrected chi connectivity index (χ2v) is 6.67. The van der Waals surface area contributed by atoms with Gasteiger partial charge in [0.2, 0.25) is 17.6 Å². The number of benzene rings is 1. The number of ether oxygens (including phenoxy) is 1. The van der Waals surface area contributed by atoms with Crippen molar-refractivity contribution in [3.05, 3.63) is 24.3 Å². The SMILES string of the molecule is CCn1c(SCC(=O)Nc2ccccc2OC)nnc1-c1nonc1NC(C)=O. The quantitative estimate of drug-likeness (QED) is 0.527. The van der Waals surface area contributed by atoms with Gasteiger partial charge in [-0.2, -0.15) is 0 Å². The number of aromatic nitrogens is 5. The highest BCUT2D eigenvalue weighted by molar-refractivity contribution is 7.99. The number of carbonyl (C=O) groups excluding carboxylic acids is 2. The first-order valence-electron chi connectivity index (χ1n) is 8.62. The first kappa shape index (κ1) is 20.3. The number of amides is 2. The van der Waals surface area contributed by atoms with Crippen LogP contribution in [0.15, 0.2) is 34.1 Å². The second-order valence-electron chi connectivity index (χ2n) is 5.73. The molecule has 2 heterocycles. The molecule has 29 heavy (non-hydrogen) atoms. The van der Waals surface area contributed by atoms with E-state index in [1.807, 2.05) is 19.1 Å². The van der Waals surface area contributed by atoms with Gasteiger partial charge in [0.05, 0.1) is 18.6 Å². The van der Waals surface area contributed by atoms with E-state index in [1.165, 1.54) is 18.7 Å². The van der Waals surface area contributed by atoms with E-state index in [2.05, 4.69) is 31.1 Å². The lowest BCUT2D eigenvalue weighted by atomic mass is 10.3. The number of para-hydroxylation sites is 2. The Bertz CT molecular complexity index is 1020. The topological polar surface area (TPSA) is 137 Å². The third-order valence-electron chi connectivity index (χ3n) is 3.74. The number of thioether (sulfide) groups is 1. The third-order valence-corrected chi connectivity index (χ3v) is 4.71. The number of nitrogens with zero attached hydrogens (tertiary/aromatic N) is 5. The molecule has 0 bridgehead atoms. The monoisotopic (exact) mass is 417 g/mol. The number of nitrogens with one attached hydrogen (secondary N) is 2. The Balaban J connectivity index is 1.72. The summed E-state index contributed by atoms with van der Waals surface area (Å²) in [5.41, 5.74) is 0.853. The number of anilines is 2. The Hall–Kier alpha value is -3.41. The molecule has 0 aliphatic carbocycles. The van der Waals surface area contributed by atoms with Crippen molar-refractivity contribution in [2.24, 2.45) is 0 Å². The summed E-state index contributed by atoms with van der Waals surface area (Å²) in [7, 11) is 1.54. The molecule has 2 N–H and O–H groups in total. The van der Waals surface area contributed by atoms with Crippen LogP contribution in [0.4, 0.5) is 11.5 Å². The van der Waals surface area contributed by atoms with Crippen LogP contribution in [0.2, 0.25) is 0 Å². The van der Waals surface area contributed by atoms with Gasteiger partial charge in [-0.1, -0.05) is 23.9 Å². The molecule has 12 heteroatoms. The van der Waals surface area contributed by atoms with Crippen molar-refractivity contribution >= 4 is 35.1 Å². The van der Waals surface area contributed by atoms with Crippen LogP contribution in [0.25, 0.3) is 11.5 Å². The maximum Gasteiger partial charge on any atom is 0.234 e. The zero-order valence-electron chi connectivity index (χ0n) is 16.0. The molecule has 2 amide bonds. The van der Waals surface area contributed by atoms with Crippen LogP contribution in [0.5, 0.6) is 5.75 Å². The second kappa shape index (κ2) is 9.19. The summed E-state index contributed by atoms with van der Waals surface area (Å²) in [5.74, 6) is 0.705. The third kappa shape index (κ3) is 4.71. The average Bonchev–Trinajstić information content (AvgIpc) is 3.32. The fraction of sp³-hybridized carbons (Fsp3) is 0.294. The lowest BCUT2D eigenvalue weighted by molar-refractivity contribution is -0.114. The van der Waals surface area contributed by atoms with E-state index in [1.54, 1.807) is 23.8 Å². The molecule has 0 aliphatic heterocycles. The van der Waals surface area contributed by atoms with E-state index in [0.717, 1.165) is 0 Å². The summed E-state index contributed by atoms with van der Waals surface area (Å²) in [5, 5.41) is 21.6. The Morgan fingerprint density at radius 2 is 2.00 bits per heavy atom. The van der Waals surface area contributed by atoms with Gasteiger partial charge in [0.1, 0.15) is 5.75 Å². The minimum atomic E-state index is -0.313. The Kier molecular flexibility index (Phi) is 6.44. The Morgan fingerprint density at radius 1 is 1.21 bits per heavy atom. The molecule has 0 fully saturated rings. The van der Waals surface area contributed by atoms with Crippen LogP contribution in [-0.4, -0.2) is 49.8 Å². The van der Waals surface area contributed by atoms with Crippen molar-refractivity contribution < 1.29 is 19.0 Å². The number of carbonyl (C=O) groups is 2. The number of hydrogen-bond donors (Lipinski definition) is 2. The molecule has 3 aromatic rings. The summed E-state index contributed by atoms with van der Waals surface area (Å²) in [6, 6.07) is 7.16. The van der Waals surface area contributed by atoms with Gasteiger partial charge in [-0.15, -0.1) is 10.2 Å². The van der Waals surface area contributed by atoms with E-state index in [0.29, 0.717) is 29.0 Å². The molecule has 152 valence electrons. The number of methoxy groups -OCH3 is 1. The molecule has 11 nitrogen and oxygen atoms in total. The zero-order chi connectivity index (χ0) is 20.8. The number of hydrogen-bond acceptors (Lipinski definition) is 9. The van der Waals surface area contributed by atoms with Crippen molar-refractivity contribution in [3.8, 4) is 17.3 Å². The van der Waals surface area contributed by atoms with E-state index in [4.69, 9.17) is 9.37 Å². The molecular formula is C17H19N7O4S. The molecule has 1 aromatic carbocycles. The van der Waals surface area contributed by atoms with Crippen molar-refractivity contribution in [1.29, 1.82) is 0 Å². The predicted octanol–water partition coefficient (Wildman–Crippen LogP) is 2.05. The highest BCUT2D eigenvalue weighted by Crippen LogP contribution is 2.28. The molecule has 3 rings (SSSR count). The van der Waals surface area contributed by atoms with Gasteiger partial charge in [0.25, 0.3) is 0 Å². The van der Waals surface area contributed by atoms with Gasteiger partial charge in [-0.05, 0) is 29.4 Å². The van der Waals surface area contributed by atoms with Crippen LogP contribution < -0.4 is 15.4 Å². The Morgan fingerprint density at radius 3 is 2.72 bits per heavy atom. The molecule has 0 saturated heterocycles. The average molecular weight is 417 g/mol. The van der Waals surface area contributed by atoms with Gasteiger partial charge in [0, 0.05) is 13.5 Å². The first-order valence-corrected chi connectivity index (χ1v) is 9.61. The van der Waals surface area contributed by atoms with Gasteiger partial charge in [0.15, 0.2) is 16.7 Å². The van der Waals surface area contributed by atoms with Crippen LogP contribution in [0.1, 0.15) is 13.8 Å². The molecule has 0 spiro atoms. The molecule has 0 saturated carbocycles. The van der Waals surface area contributed by atoms with Gasteiger partial charge in [-0.3, -0.25) is 9.59 Å². The molecule has 2 aromatic heterocycles. The minimum Gasteiger partial charge on any atom is -0.495 e. The normalized spacial score (nSPS) is 10.6. The smallest absolute Gasteiger partial charge is 0.234 e. The summed E-state index contributed by atoms with van der Waals surface area (Å²) in [4.78, 5) is 23.6. The largest absolute Gasteiger partial charge is 0.495 e. The standard InChI is InChI=1S/C17H19N7O4S/c1-4-24-16(14-15(18-10(2)25)23-28-22-14)20-21-17(24)29-9-13(26)19-11-7-5-6-8-12(11)27-3/h5-8H,4,9H2,1-3H3,(H,19,26)(H,18,23,25). The van der Waals surface area contributed by atoms with Crippen molar-refractivity contribution in [2.45, 2.75) is 25.5 Å². The Labute approximate surface area is 170 Å². The lowest BCUT2D eigenvalue weighted by Gasteiger charge is -2.10. The fourth-order valence-corrected chi connectivity index (χ4v) is 3.31. The summed E-state index contributed by atoms with van der Waals surface area (Å²) < 4.78 is 11.7. The maximum atomic E-state index is 12.3. The van der Waals surface area contributed by atoms with Crippen LogP contribution in [0.3, 0.4) is 0 Å². The van der Waals surface area contributed by atoms with E-state index in [-0.39, 0.29) is 29.1 Å². The summed E-state index contributed by atoms with van der Waals surface area (Å²) in [6.07, 6.45) is 0. The summed E-state index contributed by atoms with van der Waals surface area (Å²) >= 11 is 1.22. The maximum absolute atomic E-state index is 12.3. The van der Waals surface area contributed by atoms with Gasteiger partial charge in [-0.25, -0.2) is 4.63 Å². The van der Waals surface area contributed by atoms with Crippen molar-refractivity contribution in [2.75, 3.05) is 23.5 Å². The zero-order valence-corrected chi connectivity index (χ0v) is 16.8. The molecular weight excluding hydrogens is 398 g/mol. The van der Waals surface area contributed by atoms with Gasteiger partial charge < -0.3 is 19.9 Å². The lowest BCUT2D eigenvalue weighted by Crippen LogP contribution is -2.15. The van der Waals surface area contributed by atoms with Crippen LogP contribution >= 0.6 is 11.8 Å². The minimum absolute atomic E-state index is 0.117. The van der Waals surface area contributed by atoms with Crippen molar-refractivity contribution in [3.63, 3.8) is 0 Å². The van der Waals surface area contributed by atoms with E-state index >= 15 is 0 Å². The van der Waals surface area contributed by atoms with E-state index in [9.17, 15) is 9.59 Å². The van der Waals surface area contributed by atoms with Crippen LogP contribution in [-0.2, 0) is 16.1 Å². The van der Waals surface area contributed by atoms with Crippen LogP contribution in [0, 0.1) is 0 Å². The van der Waals surface area contributed by atoms with Crippen molar-refractivity contribution in [1.82, 2.24) is 25.1 Å². The van der Waals surface area contributed by atoms with Gasteiger partial charge >= 0.3 is 0 Å².